The molecule has 2 heterocycles. The van der Waals surface area contributed by atoms with Gasteiger partial charge < -0.3 is 16.1 Å². The first kappa shape index (κ1) is 25.6. The van der Waals surface area contributed by atoms with Crippen LogP contribution >= 0.6 is 11.6 Å². The number of aromatic nitrogens is 1. The Kier molecular flexibility index (Phi) is 6.04. The summed E-state index contributed by atoms with van der Waals surface area (Å²) in [6.45, 7) is 0. The van der Waals surface area contributed by atoms with Crippen LogP contribution in [0.3, 0.4) is 0 Å². The summed E-state index contributed by atoms with van der Waals surface area (Å²) in [6.07, 6.45) is 1.02. The minimum atomic E-state index is -4.32. The zero-order valence-corrected chi connectivity index (χ0v) is 21.5. The number of benzene rings is 2. The minimum absolute atomic E-state index is 0.0726. The highest BCUT2D eigenvalue weighted by Crippen LogP contribution is 2.47. The van der Waals surface area contributed by atoms with Crippen molar-refractivity contribution < 1.29 is 17.6 Å². The van der Waals surface area contributed by atoms with Crippen LogP contribution in [0.4, 0.5) is 28.9 Å². The summed E-state index contributed by atoms with van der Waals surface area (Å²) < 4.78 is 53.5. The standard InChI is InChI=1S/C26H23BClF4N7/c27-25(14-1-3-15(29)4-2-14,22-12-39(38-37-22)17-5-6-17)36-16-7-18-23(35-21-9-19(21)26(30,31)32)13(10-33)11-34-24(18)20(28)8-16/h1-4,7-8,11-12,17,19,21,36-38H,5-6,9,27H2,(H,34,35)/t19?,21-,25?/m1/s1. The van der Waals surface area contributed by atoms with Gasteiger partial charge in [-0.1, -0.05) is 23.7 Å². The Morgan fingerprint density at radius 2 is 1.92 bits per heavy atom. The number of anilines is 2. The van der Waals surface area contributed by atoms with E-state index in [1.165, 1.54) is 18.3 Å². The Morgan fingerprint density at radius 1 is 1.18 bits per heavy atom. The van der Waals surface area contributed by atoms with Gasteiger partial charge in [0.15, 0.2) is 0 Å². The molecule has 1 aromatic heterocycles. The van der Waals surface area contributed by atoms with Crippen molar-refractivity contribution in [1.29, 1.82) is 5.26 Å². The van der Waals surface area contributed by atoms with Crippen LogP contribution in [0.1, 0.15) is 30.4 Å². The van der Waals surface area contributed by atoms with Gasteiger partial charge in [0.1, 0.15) is 19.7 Å². The van der Waals surface area contributed by atoms with Crippen molar-refractivity contribution in [3.63, 3.8) is 0 Å². The normalized spacial score (nSPS) is 22.1. The zero-order chi connectivity index (χ0) is 27.5. The number of nitrogens with one attached hydrogen (secondary N) is 4. The first-order chi connectivity index (χ1) is 18.6. The number of nitrogens with zero attached hydrogens (tertiary/aromatic N) is 3. The van der Waals surface area contributed by atoms with Crippen molar-refractivity contribution in [2.45, 2.75) is 43.0 Å². The molecule has 39 heavy (non-hydrogen) atoms. The largest absolute Gasteiger partial charge is 0.393 e. The Bertz CT molecular complexity index is 1520. The molecule has 200 valence electrons. The third kappa shape index (κ3) is 4.81. The lowest BCUT2D eigenvalue weighted by Crippen LogP contribution is -2.45. The van der Waals surface area contributed by atoms with Crippen molar-refractivity contribution in [2.24, 2.45) is 5.92 Å². The number of fused-ring (bicyclic) bond motifs is 1. The molecule has 4 N–H and O–H groups in total. The smallest absolute Gasteiger partial charge is 0.380 e. The Hall–Kier alpha value is -3.69. The van der Waals surface area contributed by atoms with E-state index < -0.39 is 23.6 Å². The Morgan fingerprint density at radius 3 is 2.56 bits per heavy atom. The number of rotatable bonds is 7. The number of halogens is 5. The fraction of sp³-hybridized carbons (Fsp3) is 0.308. The van der Waals surface area contributed by atoms with Crippen LogP contribution in [0.5, 0.6) is 0 Å². The second-order valence-electron chi connectivity index (χ2n) is 10.3. The lowest BCUT2D eigenvalue weighted by molar-refractivity contribution is -0.147. The van der Waals surface area contributed by atoms with Crippen molar-refractivity contribution in [3.05, 3.63) is 76.5 Å². The van der Waals surface area contributed by atoms with Gasteiger partial charge in [-0.05, 0) is 49.1 Å². The van der Waals surface area contributed by atoms with Crippen LogP contribution < -0.4 is 21.6 Å². The van der Waals surface area contributed by atoms with Crippen molar-refractivity contribution in [1.82, 2.24) is 21.0 Å². The number of pyridine rings is 1. The van der Waals surface area contributed by atoms with E-state index in [1.807, 2.05) is 25.1 Å². The second-order valence-corrected chi connectivity index (χ2v) is 10.7. The third-order valence-corrected chi connectivity index (χ3v) is 7.76. The average molecular weight is 556 g/mol. The molecule has 3 aliphatic rings. The van der Waals surface area contributed by atoms with Crippen LogP contribution in [-0.4, -0.2) is 36.1 Å². The van der Waals surface area contributed by atoms with Crippen LogP contribution in [-0.2, 0) is 5.44 Å². The van der Waals surface area contributed by atoms with E-state index in [0.29, 0.717) is 22.6 Å². The van der Waals surface area contributed by atoms with Gasteiger partial charge >= 0.3 is 6.18 Å². The number of hydrazine groups is 2. The van der Waals surface area contributed by atoms with E-state index in [-0.39, 0.29) is 28.5 Å². The number of hydrogen-bond acceptors (Lipinski definition) is 7. The predicted molar refractivity (Wildman–Crippen MR) is 143 cm³/mol. The van der Waals surface area contributed by atoms with Crippen LogP contribution in [0.25, 0.3) is 10.9 Å². The Labute approximate surface area is 227 Å². The molecule has 2 saturated carbocycles. The SMILES string of the molecule is BC(Nc1cc(Cl)c2ncc(C#N)c(N[C@@H]3CC3C(F)(F)F)c2c1)(C1=CN(C2CC2)NN1)c1ccc(F)cc1. The molecule has 13 heteroatoms. The lowest BCUT2D eigenvalue weighted by Gasteiger charge is -2.34. The fourth-order valence-corrected chi connectivity index (χ4v) is 5.24. The predicted octanol–water partition coefficient (Wildman–Crippen LogP) is 4.49. The van der Waals surface area contributed by atoms with E-state index in [1.54, 1.807) is 24.3 Å². The minimum Gasteiger partial charge on any atom is -0.380 e. The number of hydrogen-bond donors (Lipinski definition) is 4. The molecule has 2 unspecified atom stereocenters. The van der Waals surface area contributed by atoms with Crippen LogP contribution in [0.2, 0.25) is 5.02 Å². The highest BCUT2D eigenvalue weighted by molar-refractivity contribution is 6.36. The number of nitriles is 1. The molecule has 0 spiro atoms. The molecular weight excluding hydrogens is 533 g/mol. The summed E-state index contributed by atoms with van der Waals surface area (Å²) in [6, 6.07) is 11.1. The molecule has 2 aliphatic carbocycles. The Balaban J connectivity index is 1.41. The van der Waals surface area contributed by atoms with Gasteiger partial charge in [-0.25, -0.2) is 4.39 Å². The average Bonchev–Trinajstić information content (AvgIpc) is 3.82. The van der Waals surface area contributed by atoms with E-state index in [0.717, 1.165) is 24.1 Å². The molecule has 3 atom stereocenters. The first-order valence-corrected chi connectivity index (χ1v) is 12.9. The molecule has 3 aromatic rings. The van der Waals surface area contributed by atoms with Gasteiger partial charge in [-0.2, -0.15) is 18.4 Å². The monoisotopic (exact) mass is 555 g/mol. The molecule has 0 bridgehead atoms. The zero-order valence-electron chi connectivity index (χ0n) is 20.7. The molecule has 6 rings (SSSR count). The van der Waals surface area contributed by atoms with Gasteiger partial charge in [-0.15, -0.1) is 5.53 Å². The van der Waals surface area contributed by atoms with Gasteiger partial charge in [-0.3, -0.25) is 9.99 Å². The van der Waals surface area contributed by atoms with E-state index >= 15 is 0 Å². The van der Waals surface area contributed by atoms with E-state index in [4.69, 9.17) is 11.6 Å². The van der Waals surface area contributed by atoms with Gasteiger partial charge in [0.05, 0.1) is 38.8 Å². The molecule has 0 saturated heterocycles. The van der Waals surface area contributed by atoms with E-state index in [2.05, 4.69) is 26.6 Å². The maximum atomic E-state index is 13.8. The van der Waals surface area contributed by atoms with Crippen molar-refractivity contribution in [2.75, 3.05) is 10.6 Å². The molecular formula is C26H23BClF4N7. The maximum absolute atomic E-state index is 13.8. The van der Waals surface area contributed by atoms with Crippen LogP contribution in [0.15, 0.2) is 54.5 Å². The third-order valence-electron chi connectivity index (χ3n) is 7.47. The molecule has 2 fully saturated rings. The first-order valence-electron chi connectivity index (χ1n) is 12.5. The van der Waals surface area contributed by atoms with Crippen molar-refractivity contribution in [3.8, 4) is 6.07 Å². The molecule has 7 nitrogen and oxygen atoms in total. The highest BCUT2D eigenvalue weighted by Gasteiger charge is 2.56. The quantitative estimate of drug-likeness (QED) is 0.252. The summed E-state index contributed by atoms with van der Waals surface area (Å²) in [7, 11) is 1.93. The summed E-state index contributed by atoms with van der Waals surface area (Å²) in [4.78, 5) is 4.30. The molecule has 1 aliphatic heterocycles. The van der Waals surface area contributed by atoms with Gasteiger partial charge in [0.2, 0.25) is 0 Å². The lowest BCUT2D eigenvalue weighted by atomic mass is 9.69. The molecule has 0 radical (unpaired) electrons. The van der Waals surface area contributed by atoms with E-state index in [9.17, 15) is 22.8 Å². The highest BCUT2D eigenvalue weighted by atomic mass is 35.5. The summed E-state index contributed by atoms with van der Waals surface area (Å²) in [5.41, 5.74) is 8.27. The summed E-state index contributed by atoms with van der Waals surface area (Å²) in [5, 5.41) is 18.8. The second kappa shape index (κ2) is 9.21. The maximum Gasteiger partial charge on any atom is 0.393 e. The topological polar surface area (TPSA) is 88.0 Å². The number of alkyl halides is 3. The molecule has 2 aromatic carbocycles. The van der Waals surface area contributed by atoms with Gasteiger partial charge in [0.25, 0.3) is 0 Å². The van der Waals surface area contributed by atoms with Gasteiger partial charge in [0, 0.05) is 35.6 Å². The summed E-state index contributed by atoms with van der Waals surface area (Å²) in [5.74, 6) is -1.85. The van der Waals surface area contributed by atoms with Crippen LogP contribution in [0, 0.1) is 23.1 Å². The fourth-order valence-electron chi connectivity index (χ4n) is 4.97. The van der Waals surface area contributed by atoms with Crippen molar-refractivity contribution >= 4 is 41.7 Å². The summed E-state index contributed by atoms with van der Waals surface area (Å²) >= 11 is 6.62. The molecule has 0 amide bonds.